The highest BCUT2D eigenvalue weighted by Crippen LogP contribution is 2.48. The van der Waals surface area contributed by atoms with Gasteiger partial charge in [-0.1, -0.05) is 48.5 Å². The van der Waals surface area contributed by atoms with Gasteiger partial charge in [0, 0.05) is 12.3 Å². The molecule has 0 radical (unpaired) electrons. The van der Waals surface area contributed by atoms with Gasteiger partial charge in [-0.05, 0) is 31.5 Å². The molecule has 6 unspecified atom stereocenters. The summed E-state index contributed by atoms with van der Waals surface area (Å²) in [6, 6.07) is 17.2. The van der Waals surface area contributed by atoms with Gasteiger partial charge in [0.2, 0.25) is 0 Å². The summed E-state index contributed by atoms with van der Waals surface area (Å²) in [4.78, 5) is 37.0. The van der Waals surface area contributed by atoms with Crippen molar-refractivity contribution < 1.29 is 33.0 Å². The van der Waals surface area contributed by atoms with Gasteiger partial charge in [0.05, 0.1) is 6.61 Å². The van der Waals surface area contributed by atoms with Crippen LogP contribution in [0, 0.1) is 0 Å². The summed E-state index contributed by atoms with van der Waals surface area (Å²) >= 11 is 6.56. The third-order valence-electron chi connectivity index (χ3n) is 6.13. The molecule has 1 fully saturated rings. The number of para-hydroxylation sites is 1. The first-order chi connectivity index (χ1) is 19.0. The van der Waals surface area contributed by atoms with Gasteiger partial charge < -0.3 is 19.1 Å². The number of benzene rings is 2. The highest BCUT2D eigenvalue weighted by atomic mass is 35.5. The molecule has 0 saturated carbocycles. The van der Waals surface area contributed by atoms with Gasteiger partial charge in [0.1, 0.15) is 35.5 Å². The maximum absolute atomic E-state index is 13.8. The molecule has 2 aromatic carbocycles. The van der Waals surface area contributed by atoms with Crippen LogP contribution in [0.3, 0.4) is 0 Å². The molecule has 1 aliphatic heterocycles. The Morgan fingerprint density at radius 3 is 2.48 bits per heavy atom. The quantitative estimate of drug-likeness (QED) is 0.171. The van der Waals surface area contributed by atoms with Crippen LogP contribution in [0.5, 0.6) is 5.75 Å². The molecule has 14 heteroatoms. The Labute approximate surface area is 234 Å². The Balaban J connectivity index is 1.48. The van der Waals surface area contributed by atoms with Gasteiger partial charge in [0.15, 0.2) is 6.23 Å². The second-order valence-electron chi connectivity index (χ2n) is 9.28. The molecule has 40 heavy (non-hydrogen) atoms. The number of alkyl halides is 1. The molecule has 4 rings (SSSR count). The van der Waals surface area contributed by atoms with Crippen LogP contribution < -0.4 is 20.9 Å². The molecule has 1 saturated heterocycles. The van der Waals surface area contributed by atoms with Crippen LogP contribution in [0.25, 0.3) is 0 Å². The summed E-state index contributed by atoms with van der Waals surface area (Å²) in [7, 11) is -4.28. The number of halogens is 1. The molecule has 6 atom stereocenters. The molecule has 1 aromatic heterocycles. The minimum Gasteiger partial charge on any atom is -0.460 e. The predicted octanol–water partition coefficient (Wildman–Crippen LogP) is 2.72. The largest absolute Gasteiger partial charge is 0.460 e. The van der Waals surface area contributed by atoms with E-state index in [2.05, 4.69) is 10.1 Å². The molecule has 2 heterocycles. The maximum atomic E-state index is 13.8. The number of carbonyl (C=O) groups excluding carboxylic acids is 1. The SMILES string of the molecule is CC(NP(=O)(OCC1OC(n2ccc(=O)[nH]c2=O)C(C)(Cl)C1O)Oc1ccccc1)C(=O)OCc1ccccc1. The normalized spacial score (nSPS) is 24.6. The average molecular weight is 594 g/mol. The van der Waals surface area contributed by atoms with Gasteiger partial charge in [-0.25, -0.2) is 9.36 Å². The van der Waals surface area contributed by atoms with Crippen molar-refractivity contribution in [1.29, 1.82) is 0 Å². The minimum atomic E-state index is -4.28. The van der Waals surface area contributed by atoms with E-state index in [1.807, 2.05) is 18.2 Å². The molecule has 0 aliphatic carbocycles. The third kappa shape index (κ3) is 7.08. The summed E-state index contributed by atoms with van der Waals surface area (Å²) in [6.07, 6.45) is -2.56. The number of ether oxygens (including phenoxy) is 2. The fourth-order valence-corrected chi connectivity index (χ4v) is 5.79. The van der Waals surface area contributed by atoms with Gasteiger partial charge in [-0.3, -0.25) is 23.7 Å². The van der Waals surface area contributed by atoms with Crippen LogP contribution in [0.15, 0.2) is 82.5 Å². The van der Waals surface area contributed by atoms with Gasteiger partial charge in [0.25, 0.3) is 5.56 Å². The molecular weight excluding hydrogens is 565 g/mol. The number of hydrogen-bond acceptors (Lipinski definition) is 9. The second kappa shape index (κ2) is 12.5. The smallest absolute Gasteiger partial charge is 0.459 e. The Morgan fingerprint density at radius 1 is 1.18 bits per heavy atom. The van der Waals surface area contributed by atoms with Crippen molar-refractivity contribution in [2.24, 2.45) is 0 Å². The molecule has 214 valence electrons. The lowest BCUT2D eigenvalue weighted by atomic mass is 10.0. The predicted molar refractivity (Wildman–Crippen MR) is 145 cm³/mol. The first kappa shape index (κ1) is 29.7. The zero-order chi connectivity index (χ0) is 28.9. The van der Waals surface area contributed by atoms with Crippen LogP contribution in [-0.4, -0.2) is 50.4 Å². The molecule has 0 amide bonds. The number of rotatable bonds is 11. The zero-order valence-corrected chi connectivity index (χ0v) is 23.3. The highest BCUT2D eigenvalue weighted by Gasteiger charge is 2.54. The number of esters is 1. The van der Waals surface area contributed by atoms with Crippen molar-refractivity contribution in [3.63, 3.8) is 0 Å². The molecular formula is C26H29ClN3O9P. The van der Waals surface area contributed by atoms with E-state index in [0.29, 0.717) is 0 Å². The number of nitrogens with zero attached hydrogens (tertiary/aromatic N) is 1. The van der Waals surface area contributed by atoms with E-state index in [-0.39, 0.29) is 12.4 Å². The van der Waals surface area contributed by atoms with Crippen molar-refractivity contribution >= 4 is 25.3 Å². The van der Waals surface area contributed by atoms with Gasteiger partial charge in [-0.2, -0.15) is 5.09 Å². The Morgan fingerprint density at radius 2 is 1.82 bits per heavy atom. The highest BCUT2D eigenvalue weighted by molar-refractivity contribution is 7.52. The first-order valence-corrected chi connectivity index (χ1v) is 14.2. The van der Waals surface area contributed by atoms with E-state index < -0.39 is 60.9 Å². The topological polar surface area (TPSA) is 158 Å². The van der Waals surface area contributed by atoms with Crippen molar-refractivity contribution in [3.05, 3.63) is 99.3 Å². The van der Waals surface area contributed by atoms with E-state index in [4.69, 9.17) is 30.1 Å². The summed E-state index contributed by atoms with van der Waals surface area (Å²) in [5.41, 5.74) is -0.631. The Hall–Kier alpha value is -3.25. The number of aliphatic hydroxyl groups excluding tert-OH is 1. The lowest BCUT2D eigenvalue weighted by Crippen LogP contribution is -2.43. The molecule has 3 N–H and O–H groups in total. The molecule has 12 nitrogen and oxygen atoms in total. The first-order valence-electron chi connectivity index (χ1n) is 12.3. The molecule has 0 bridgehead atoms. The van der Waals surface area contributed by atoms with E-state index in [9.17, 15) is 24.1 Å². The van der Waals surface area contributed by atoms with Crippen LogP contribution in [0.1, 0.15) is 25.6 Å². The average Bonchev–Trinajstić information content (AvgIpc) is 3.15. The van der Waals surface area contributed by atoms with Crippen molar-refractivity contribution in [2.45, 2.75) is 49.8 Å². The van der Waals surface area contributed by atoms with E-state index in [1.54, 1.807) is 42.5 Å². The summed E-state index contributed by atoms with van der Waals surface area (Å²) in [5, 5.41) is 13.4. The number of aromatic nitrogens is 2. The van der Waals surface area contributed by atoms with Crippen molar-refractivity contribution in [1.82, 2.24) is 14.6 Å². The number of H-pyrrole nitrogens is 1. The lowest BCUT2D eigenvalue weighted by molar-refractivity contribution is -0.146. The van der Waals surface area contributed by atoms with Crippen LogP contribution in [0.4, 0.5) is 0 Å². The van der Waals surface area contributed by atoms with Crippen LogP contribution in [0.2, 0.25) is 0 Å². The maximum Gasteiger partial charge on any atom is 0.459 e. The van der Waals surface area contributed by atoms with Gasteiger partial charge >= 0.3 is 19.4 Å². The fraction of sp³-hybridized carbons (Fsp3) is 0.346. The Kier molecular flexibility index (Phi) is 9.29. The molecule has 1 aliphatic rings. The standard InChI is InChI=1S/C26H29ClN3O9P/c1-17(23(33)36-15-18-9-5-3-6-10-18)29-40(35,39-19-11-7-4-8-12-19)37-16-20-22(32)26(2,27)24(38-20)30-14-13-21(31)28-25(30)34/h3-14,17,20,22,24,32H,15-16H2,1-2H3,(H,29,35)(H,28,31,34). The van der Waals surface area contributed by atoms with E-state index in [0.717, 1.165) is 16.2 Å². The minimum absolute atomic E-state index is 0.0122. The zero-order valence-electron chi connectivity index (χ0n) is 21.6. The lowest BCUT2D eigenvalue weighted by Gasteiger charge is -2.26. The van der Waals surface area contributed by atoms with E-state index in [1.165, 1.54) is 20.0 Å². The summed E-state index contributed by atoms with van der Waals surface area (Å²) in [5.74, 6) is -0.511. The van der Waals surface area contributed by atoms with Crippen molar-refractivity contribution in [2.75, 3.05) is 6.61 Å². The number of carbonyl (C=O) groups is 1. The third-order valence-corrected chi connectivity index (χ3v) is 8.18. The van der Waals surface area contributed by atoms with Crippen molar-refractivity contribution in [3.8, 4) is 5.75 Å². The Bertz CT molecular complexity index is 1470. The number of aliphatic hydroxyl groups is 1. The summed E-state index contributed by atoms with van der Waals surface area (Å²) < 4.78 is 37.2. The molecule has 3 aromatic rings. The second-order valence-corrected chi connectivity index (χ2v) is 11.8. The number of nitrogens with one attached hydrogen (secondary N) is 2. The van der Waals surface area contributed by atoms with Crippen LogP contribution in [-0.2, 0) is 30.0 Å². The van der Waals surface area contributed by atoms with Crippen LogP contribution >= 0.6 is 19.3 Å². The fourth-order valence-electron chi connectivity index (χ4n) is 3.99. The molecule has 0 spiro atoms. The number of aromatic amines is 1. The van der Waals surface area contributed by atoms with Gasteiger partial charge in [-0.15, -0.1) is 11.6 Å². The van der Waals surface area contributed by atoms with E-state index >= 15 is 0 Å². The number of hydrogen-bond donors (Lipinski definition) is 3. The summed E-state index contributed by atoms with van der Waals surface area (Å²) in [6.45, 7) is 2.40. The monoisotopic (exact) mass is 593 g/mol.